The van der Waals surface area contributed by atoms with Crippen LogP contribution in [0.25, 0.3) is 0 Å². The largest absolute Gasteiger partial charge is 0.465 e. The quantitative estimate of drug-likeness (QED) is 0.672. The van der Waals surface area contributed by atoms with Crippen LogP contribution in [0.4, 0.5) is 0 Å². The summed E-state index contributed by atoms with van der Waals surface area (Å²) < 4.78 is 5.11. The SMILES string of the molecule is CCCC(NC(C)CN1CCCC1)C(=O)OCC. The van der Waals surface area contributed by atoms with Crippen LogP contribution < -0.4 is 5.32 Å². The van der Waals surface area contributed by atoms with Crippen LogP contribution in [0.2, 0.25) is 0 Å². The highest BCUT2D eigenvalue weighted by molar-refractivity contribution is 5.75. The van der Waals surface area contributed by atoms with E-state index in [1.807, 2.05) is 6.92 Å². The van der Waals surface area contributed by atoms with Gasteiger partial charge in [0.15, 0.2) is 0 Å². The number of ether oxygens (including phenoxy) is 1. The second-order valence-electron chi connectivity index (χ2n) is 5.17. The van der Waals surface area contributed by atoms with Gasteiger partial charge in [0, 0.05) is 12.6 Å². The molecule has 2 unspecified atom stereocenters. The molecule has 0 amide bonds. The van der Waals surface area contributed by atoms with Crippen LogP contribution in [0.3, 0.4) is 0 Å². The molecule has 1 heterocycles. The summed E-state index contributed by atoms with van der Waals surface area (Å²) in [4.78, 5) is 14.3. The van der Waals surface area contributed by atoms with E-state index >= 15 is 0 Å². The first-order valence-corrected chi connectivity index (χ1v) is 7.32. The number of hydrogen-bond acceptors (Lipinski definition) is 4. The second-order valence-corrected chi connectivity index (χ2v) is 5.17. The number of nitrogens with zero attached hydrogens (tertiary/aromatic N) is 1. The highest BCUT2D eigenvalue weighted by Gasteiger charge is 2.22. The summed E-state index contributed by atoms with van der Waals surface area (Å²) in [6.45, 7) is 9.99. The number of carbonyl (C=O) groups excluding carboxylic acids is 1. The average Bonchev–Trinajstić information content (AvgIpc) is 2.81. The van der Waals surface area contributed by atoms with Gasteiger partial charge in [-0.2, -0.15) is 0 Å². The van der Waals surface area contributed by atoms with Crippen molar-refractivity contribution in [2.75, 3.05) is 26.2 Å². The lowest BCUT2D eigenvalue weighted by Crippen LogP contribution is -2.47. The third-order valence-corrected chi connectivity index (χ3v) is 3.36. The molecule has 1 rings (SSSR count). The minimum absolute atomic E-state index is 0.104. The van der Waals surface area contributed by atoms with Gasteiger partial charge in [-0.1, -0.05) is 13.3 Å². The van der Waals surface area contributed by atoms with E-state index in [2.05, 4.69) is 24.1 Å². The fourth-order valence-electron chi connectivity index (χ4n) is 2.55. The lowest BCUT2D eigenvalue weighted by molar-refractivity contribution is -0.146. The molecule has 106 valence electrons. The third-order valence-electron chi connectivity index (χ3n) is 3.36. The van der Waals surface area contributed by atoms with Crippen molar-refractivity contribution in [3.05, 3.63) is 0 Å². The van der Waals surface area contributed by atoms with Crippen LogP contribution in [0.1, 0.15) is 46.5 Å². The molecule has 1 saturated heterocycles. The Bertz CT molecular complexity index is 240. The van der Waals surface area contributed by atoms with Crippen molar-refractivity contribution in [1.29, 1.82) is 0 Å². The van der Waals surface area contributed by atoms with Crippen molar-refractivity contribution in [3.8, 4) is 0 Å². The number of nitrogens with one attached hydrogen (secondary N) is 1. The van der Waals surface area contributed by atoms with Gasteiger partial charge in [-0.3, -0.25) is 4.79 Å². The van der Waals surface area contributed by atoms with E-state index in [-0.39, 0.29) is 12.0 Å². The first kappa shape index (κ1) is 15.4. The molecule has 1 aliphatic rings. The van der Waals surface area contributed by atoms with Gasteiger partial charge in [-0.15, -0.1) is 0 Å². The molecule has 0 radical (unpaired) electrons. The van der Waals surface area contributed by atoms with Crippen LogP contribution in [0.15, 0.2) is 0 Å². The lowest BCUT2D eigenvalue weighted by Gasteiger charge is -2.25. The van der Waals surface area contributed by atoms with Gasteiger partial charge in [0.2, 0.25) is 0 Å². The molecule has 4 heteroatoms. The van der Waals surface area contributed by atoms with Crippen molar-refractivity contribution in [1.82, 2.24) is 10.2 Å². The summed E-state index contributed by atoms with van der Waals surface area (Å²) in [5.74, 6) is -0.104. The average molecular weight is 256 g/mol. The van der Waals surface area contributed by atoms with E-state index in [9.17, 15) is 4.79 Å². The molecule has 1 aliphatic heterocycles. The van der Waals surface area contributed by atoms with E-state index in [1.54, 1.807) is 0 Å². The molecule has 0 aliphatic carbocycles. The van der Waals surface area contributed by atoms with Crippen LogP contribution in [0, 0.1) is 0 Å². The zero-order valence-corrected chi connectivity index (χ0v) is 12.1. The Hall–Kier alpha value is -0.610. The van der Waals surface area contributed by atoms with Gasteiger partial charge in [0.05, 0.1) is 6.61 Å². The number of likely N-dealkylation sites (tertiary alicyclic amines) is 1. The maximum atomic E-state index is 11.8. The standard InChI is InChI=1S/C14H28N2O2/c1-4-8-13(14(17)18-5-2)15-12(3)11-16-9-6-7-10-16/h12-13,15H,4-11H2,1-3H3. The summed E-state index contributed by atoms with van der Waals surface area (Å²) in [5, 5.41) is 3.41. The van der Waals surface area contributed by atoms with Crippen LogP contribution in [0.5, 0.6) is 0 Å². The smallest absolute Gasteiger partial charge is 0.323 e. The maximum absolute atomic E-state index is 11.8. The van der Waals surface area contributed by atoms with Crippen molar-refractivity contribution in [3.63, 3.8) is 0 Å². The number of carbonyl (C=O) groups is 1. The van der Waals surface area contributed by atoms with Crippen molar-refractivity contribution < 1.29 is 9.53 Å². The first-order chi connectivity index (χ1) is 8.67. The molecule has 0 saturated carbocycles. The maximum Gasteiger partial charge on any atom is 0.323 e. The Kier molecular flexibility index (Phi) is 7.28. The minimum Gasteiger partial charge on any atom is -0.465 e. The van der Waals surface area contributed by atoms with Gasteiger partial charge in [0.25, 0.3) is 0 Å². The number of hydrogen-bond donors (Lipinski definition) is 1. The molecule has 0 aromatic heterocycles. The molecular weight excluding hydrogens is 228 g/mol. The molecule has 18 heavy (non-hydrogen) atoms. The Morgan fingerprint density at radius 3 is 2.56 bits per heavy atom. The lowest BCUT2D eigenvalue weighted by atomic mass is 10.1. The van der Waals surface area contributed by atoms with Gasteiger partial charge < -0.3 is 15.0 Å². The minimum atomic E-state index is -0.146. The van der Waals surface area contributed by atoms with Crippen molar-refractivity contribution in [2.45, 2.75) is 58.5 Å². The van der Waals surface area contributed by atoms with E-state index in [0.29, 0.717) is 12.6 Å². The summed E-state index contributed by atoms with van der Waals surface area (Å²) in [7, 11) is 0. The summed E-state index contributed by atoms with van der Waals surface area (Å²) in [5.41, 5.74) is 0. The second kappa shape index (κ2) is 8.48. The molecule has 4 nitrogen and oxygen atoms in total. The summed E-state index contributed by atoms with van der Waals surface area (Å²) in [6, 6.07) is 0.191. The number of rotatable bonds is 8. The zero-order chi connectivity index (χ0) is 13.4. The monoisotopic (exact) mass is 256 g/mol. The van der Waals surface area contributed by atoms with Gasteiger partial charge in [-0.25, -0.2) is 0 Å². The molecule has 0 bridgehead atoms. The predicted molar refractivity (Wildman–Crippen MR) is 73.6 cm³/mol. The van der Waals surface area contributed by atoms with Crippen LogP contribution in [-0.4, -0.2) is 49.2 Å². The Morgan fingerprint density at radius 1 is 1.33 bits per heavy atom. The van der Waals surface area contributed by atoms with Crippen molar-refractivity contribution in [2.24, 2.45) is 0 Å². The predicted octanol–water partition coefficient (Wildman–Crippen LogP) is 1.79. The molecule has 0 aromatic carbocycles. The van der Waals surface area contributed by atoms with Crippen LogP contribution >= 0.6 is 0 Å². The fraction of sp³-hybridized carbons (Fsp3) is 0.929. The van der Waals surface area contributed by atoms with E-state index in [4.69, 9.17) is 4.74 Å². The number of esters is 1. The fourth-order valence-corrected chi connectivity index (χ4v) is 2.55. The van der Waals surface area contributed by atoms with E-state index < -0.39 is 0 Å². The molecule has 2 atom stereocenters. The van der Waals surface area contributed by atoms with E-state index in [1.165, 1.54) is 25.9 Å². The van der Waals surface area contributed by atoms with Gasteiger partial charge in [0.1, 0.15) is 6.04 Å². The Balaban J connectivity index is 2.35. The van der Waals surface area contributed by atoms with Gasteiger partial charge in [-0.05, 0) is 46.2 Å². The topological polar surface area (TPSA) is 41.6 Å². The Labute approximate surface area is 111 Å². The molecule has 0 spiro atoms. The van der Waals surface area contributed by atoms with E-state index in [0.717, 1.165) is 19.4 Å². The van der Waals surface area contributed by atoms with Crippen LogP contribution in [-0.2, 0) is 9.53 Å². The summed E-state index contributed by atoms with van der Waals surface area (Å²) in [6.07, 6.45) is 4.46. The third kappa shape index (κ3) is 5.36. The highest BCUT2D eigenvalue weighted by atomic mass is 16.5. The van der Waals surface area contributed by atoms with Crippen molar-refractivity contribution >= 4 is 5.97 Å². The summed E-state index contributed by atoms with van der Waals surface area (Å²) >= 11 is 0. The molecule has 1 N–H and O–H groups in total. The molecule has 1 fully saturated rings. The molecular formula is C14H28N2O2. The highest BCUT2D eigenvalue weighted by Crippen LogP contribution is 2.08. The Morgan fingerprint density at radius 2 is 2.00 bits per heavy atom. The first-order valence-electron chi connectivity index (χ1n) is 7.32. The van der Waals surface area contributed by atoms with Gasteiger partial charge >= 0.3 is 5.97 Å². The normalized spacial score (nSPS) is 19.7. The zero-order valence-electron chi connectivity index (χ0n) is 12.1. The molecule has 0 aromatic rings.